The number of hydrogen-bond acceptors (Lipinski definition) is 0. The van der Waals surface area contributed by atoms with Crippen molar-refractivity contribution in [1.29, 1.82) is 0 Å². The summed E-state index contributed by atoms with van der Waals surface area (Å²) in [7, 11) is 0. The first-order chi connectivity index (χ1) is 6.27. The van der Waals surface area contributed by atoms with Gasteiger partial charge >= 0.3 is 0 Å². The van der Waals surface area contributed by atoms with Crippen LogP contribution in [0.2, 0.25) is 0 Å². The summed E-state index contributed by atoms with van der Waals surface area (Å²) in [6, 6.07) is 14.8. The Kier molecular flexibility index (Phi) is 2.36. The van der Waals surface area contributed by atoms with Crippen LogP contribution in [-0.4, -0.2) is 0 Å². The molecule has 0 N–H and O–H groups in total. The van der Waals surface area contributed by atoms with Gasteiger partial charge in [-0.15, -0.1) is 0 Å². The molecule has 0 aromatic heterocycles. The second-order valence-corrected chi connectivity index (χ2v) is 4.27. The first-order valence-corrected chi connectivity index (χ1v) is 5.19. The Morgan fingerprint density at radius 2 is 1.69 bits per heavy atom. The Hall–Kier alpha value is -0.830. The molecular formula is C12H9I. The lowest BCUT2D eigenvalue weighted by Crippen LogP contribution is -1.76. The molecule has 0 unspecified atom stereocenters. The van der Waals surface area contributed by atoms with Gasteiger partial charge in [0.15, 0.2) is 0 Å². The number of hydrogen-bond donors (Lipinski definition) is 0. The molecule has 0 fully saturated rings. The molecule has 1 heteroatoms. The van der Waals surface area contributed by atoms with Crippen molar-refractivity contribution in [2.75, 3.05) is 0 Å². The lowest BCUT2D eigenvalue weighted by atomic mass is 10.1. The van der Waals surface area contributed by atoms with Crippen LogP contribution >= 0.6 is 22.6 Å². The highest BCUT2D eigenvalue weighted by Crippen LogP contribution is 2.23. The summed E-state index contributed by atoms with van der Waals surface area (Å²) in [4.78, 5) is 0. The Morgan fingerprint density at radius 3 is 2.38 bits per heavy atom. The highest BCUT2D eigenvalue weighted by molar-refractivity contribution is 14.1. The molecule has 0 bridgehead atoms. The minimum absolute atomic E-state index is 1.09. The average Bonchev–Trinajstić information content (AvgIpc) is 2.17. The van der Waals surface area contributed by atoms with E-state index < -0.39 is 0 Å². The Morgan fingerprint density at radius 1 is 1.00 bits per heavy atom. The van der Waals surface area contributed by atoms with Gasteiger partial charge in [0.25, 0.3) is 0 Å². The first kappa shape index (κ1) is 8.75. The number of rotatable bonds is 1. The Bertz CT molecular complexity index is 457. The first-order valence-electron chi connectivity index (χ1n) is 4.11. The third-order valence-electron chi connectivity index (χ3n) is 2.06. The van der Waals surface area contributed by atoms with Crippen molar-refractivity contribution in [2.45, 2.75) is 0 Å². The summed E-state index contributed by atoms with van der Waals surface area (Å²) in [5.74, 6) is 0. The molecule has 2 rings (SSSR count). The molecule has 0 saturated carbocycles. The van der Waals surface area contributed by atoms with Gasteiger partial charge in [0.1, 0.15) is 0 Å². The minimum atomic E-state index is 1.09. The zero-order valence-corrected chi connectivity index (χ0v) is 9.28. The van der Waals surface area contributed by atoms with Gasteiger partial charge < -0.3 is 0 Å². The highest BCUT2D eigenvalue weighted by atomic mass is 127. The van der Waals surface area contributed by atoms with Crippen molar-refractivity contribution in [1.82, 2.24) is 0 Å². The van der Waals surface area contributed by atoms with E-state index in [1.807, 2.05) is 0 Å². The van der Waals surface area contributed by atoms with Gasteiger partial charge in [0.05, 0.1) is 0 Å². The summed E-state index contributed by atoms with van der Waals surface area (Å²) in [5.41, 5.74) is 1.21. The molecule has 0 atom stereocenters. The normalized spacial score (nSPS) is 10.2. The van der Waals surface area contributed by atoms with E-state index in [-0.39, 0.29) is 0 Å². The van der Waals surface area contributed by atoms with Crippen LogP contribution < -0.4 is 0 Å². The molecule has 2 aromatic rings. The van der Waals surface area contributed by atoms with Gasteiger partial charge in [-0.3, -0.25) is 0 Å². The zero-order valence-electron chi connectivity index (χ0n) is 7.13. The van der Waals surface area contributed by atoms with Crippen molar-refractivity contribution in [3.63, 3.8) is 0 Å². The molecule has 0 heterocycles. The number of fused-ring (bicyclic) bond motifs is 1. The van der Waals surface area contributed by atoms with E-state index in [1.165, 1.54) is 16.3 Å². The smallest absolute Gasteiger partial charge is 0.0131 e. The Labute approximate surface area is 91.4 Å². The maximum absolute atomic E-state index is 3.92. The van der Waals surface area contributed by atoms with E-state index in [0.29, 0.717) is 0 Å². The van der Waals surface area contributed by atoms with E-state index in [4.69, 9.17) is 0 Å². The third kappa shape index (κ3) is 1.75. The maximum Gasteiger partial charge on any atom is 0.0131 e. The molecule has 64 valence electrons. The molecule has 0 aliphatic rings. The SMILES string of the molecule is C=C(I)c1ccc2ccccc2c1. The molecule has 0 amide bonds. The van der Waals surface area contributed by atoms with Crippen LogP contribution in [0.15, 0.2) is 49.0 Å². The maximum atomic E-state index is 3.92. The lowest BCUT2D eigenvalue weighted by Gasteiger charge is -2.00. The summed E-state index contributed by atoms with van der Waals surface area (Å²) in [5, 5.41) is 2.56. The van der Waals surface area contributed by atoms with Gasteiger partial charge in [-0.05, 0) is 45.0 Å². The molecule has 0 spiro atoms. The van der Waals surface area contributed by atoms with Crippen molar-refractivity contribution >= 4 is 36.9 Å². The predicted octanol–water partition coefficient (Wildman–Crippen LogP) is 4.25. The third-order valence-corrected chi connectivity index (χ3v) is 2.69. The van der Waals surface area contributed by atoms with Crippen LogP contribution in [-0.2, 0) is 0 Å². The summed E-state index contributed by atoms with van der Waals surface area (Å²) < 4.78 is 1.09. The van der Waals surface area contributed by atoms with E-state index >= 15 is 0 Å². The molecule has 0 saturated heterocycles. The van der Waals surface area contributed by atoms with Crippen LogP contribution in [0.5, 0.6) is 0 Å². The molecule has 0 radical (unpaired) electrons. The quantitative estimate of drug-likeness (QED) is 0.685. The van der Waals surface area contributed by atoms with Gasteiger partial charge in [0.2, 0.25) is 0 Å². The predicted molar refractivity (Wildman–Crippen MR) is 67.0 cm³/mol. The summed E-state index contributed by atoms with van der Waals surface area (Å²) in [6.45, 7) is 3.92. The molecule has 0 aliphatic heterocycles. The minimum Gasteiger partial charge on any atom is -0.0850 e. The fourth-order valence-corrected chi connectivity index (χ4v) is 1.69. The van der Waals surface area contributed by atoms with Crippen LogP contribution in [0.3, 0.4) is 0 Å². The number of benzene rings is 2. The second kappa shape index (κ2) is 3.50. The van der Waals surface area contributed by atoms with Gasteiger partial charge in [-0.25, -0.2) is 0 Å². The highest BCUT2D eigenvalue weighted by Gasteiger charge is 1.96. The topological polar surface area (TPSA) is 0 Å². The van der Waals surface area contributed by atoms with Gasteiger partial charge in [0, 0.05) is 3.58 Å². The fourth-order valence-electron chi connectivity index (χ4n) is 1.36. The van der Waals surface area contributed by atoms with Crippen molar-refractivity contribution < 1.29 is 0 Å². The second-order valence-electron chi connectivity index (χ2n) is 2.97. The van der Waals surface area contributed by atoms with Gasteiger partial charge in [-0.1, -0.05) is 43.0 Å². The summed E-state index contributed by atoms with van der Waals surface area (Å²) in [6.07, 6.45) is 0. The molecule has 2 aromatic carbocycles. The van der Waals surface area contributed by atoms with Crippen molar-refractivity contribution in [2.24, 2.45) is 0 Å². The van der Waals surface area contributed by atoms with E-state index in [9.17, 15) is 0 Å². The number of halogens is 1. The van der Waals surface area contributed by atoms with Crippen LogP contribution in [0.1, 0.15) is 5.56 Å². The van der Waals surface area contributed by atoms with Gasteiger partial charge in [-0.2, -0.15) is 0 Å². The summed E-state index contributed by atoms with van der Waals surface area (Å²) >= 11 is 2.25. The largest absolute Gasteiger partial charge is 0.0850 e. The standard InChI is InChI=1S/C12H9I/c1-9(13)11-7-6-10-4-2-3-5-12(10)8-11/h2-8H,1H2. The zero-order chi connectivity index (χ0) is 9.26. The van der Waals surface area contributed by atoms with Crippen LogP contribution in [0.4, 0.5) is 0 Å². The molecule has 13 heavy (non-hydrogen) atoms. The van der Waals surface area contributed by atoms with E-state index in [2.05, 4.69) is 71.6 Å². The Balaban J connectivity index is 2.69. The van der Waals surface area contributed by atoms with E-state index in [0.717, 1.165) is 3.58 Å². The van der Waals surface area contributed by atoms with E-state index in [1.54, 1.807) is 0 Å². The van der Waals surface area contributed by atoms with Crippen LogP contribution in [0.25, 0.3) is 14.4 Å². The molecule has 0 nitrogen and oxygen atoms in total. The fraction of sp³-hybridized carbons (Fsp3) is 0. The van der Waals surface area contributed by atoms with Crippen molar-refractivity contribution in [3.8, 4) is 0 Å². The monoisotopic (exact) mass is 280 g/mol. The van der Waals surface area contributed by atoms with Crippen LogP contribution in [0, 0.1) is 0 Å². The average molecular weight is 280 g/mol. The molecule has 0 aliphatic carbocycles. The van der Waals surface area contributed by atoms with Crippen molar-refractivity contribution in [3.05, 3.63) is 54.6 Å². The lowest BCUT2D eigenvalue weighted by molar-refractivity contribution is 1.71. The molecular weight excluding hydrogens is 271 g/mol.